The summed E-state index contributed by atoms with van der Waals surface area (Å²) in [5.74, 6) is -0.142. The van der Waals surface area contributed by atoms with Crippen LogP contribution in [0.5, 0.6) is 5.75 Å². The molecule has 0 aliphatic carbocycles. The van der Waals surface area contributed by atoms with Crippen LogP contribution in [0.2, 0.25) is 5.02 Å². The Morgan fingerprint density at radius 1 is 1.00 bits per heavy atom. The van der Waals surface area contributed by atoms with Gasteiger partial charge in [-0.3, -0.25) is 14.4 Å². The number of anilines is 2. The Morgan fingerprint density at radius 3 is 2.28 bits per heavy atom. The summed E-state index contributed by atoms with van der Waals surface area (Å²) in [5.41, 5.74) is 1.25. The predicted molar refractivity (Wildman–Crippen MR) is 125 cm³/mol. The fourth-order valence-corrected chi connectivity index (χ4v) is 4.12. The van der Waals surface area contributed by atoms with E-state index in [4.69, 9.17) is 16.3 Å². The lowest BCUT2D eigenvalue weighted by Gasteiger charge is -2.38. The van der Waals surface area contributed by atoms with Crippen LogP contribution in [-0.4, -0.2) is 41.3 Å². The minimum atomic E-state index is -0.363. The number of likely N-dealkylation sites (tertiary alicyclic amines) is 1. The van der Waals surface area contributed by atoms with Gasteiger partial charge in [0.05, 0.1) is 11.4 Å². The van der Waals surface area contributed by atoms with E-state index in [0.717, 1.165) is 19.3 Å². The molecule has 0 bridgehead atoms. The topological polar surface area (TPSA) is 87.7 Å². The molecular formula is C24H28ClN3O4. The zero-order chi connectivity index (χ0) is 23.3. The fraction of sp³-hybridized carbons (Fsp3) is 0.375. The summed E-state index contributed by atoms with van der Waals surface area (Å²) in [5, 5.41) is 5.85. The van der Waals surface area contributed by atoms with Crippen molar-refractivity contribution in [1.29, 1.82) is 0 Å². The Bertz CT molecular complexity index is 983. The molecule has 8 heteroatoms. The number of ether oxygens (including phenoxy) is 1. The monoisotopic (exact) mass is 457 g/mol. The van der Waals surface area contributed by atoms with E-state index in [1.54, 1.807) is 42.5 Å². The second kappa shape index (κ2) is 10.5. The van der Waals surface area contributed by atoms with E-state index in [2.05, 4.69) is 24.5 Å². The molecule has 0 spiro atoms. The molecule has 1 heterocycles. The van der Waals surface area contributed by atoms with Crippen molar-refractivity contribution in [1.82, 2.24) is 4.90 Å². The van der Waals surface area contributed by atoms with E-state index < -0.39 is 0 Å². The van der Waals surface area contributed by atoms with Gasteiger partial charge in [0.15, 0.2) is 6.61 Å². The lowest BCUT2D eigenvalue weighted by molar-refractivity contribution is -0.139. The highest BCUT2D eigenvalue weighted by molar-refractivity contribution is 6.31. The first kappa shape index (κ1) is 23.6. The third-order valence-electron chi connectivity index (χ3n) is 5.50. The number of carbonyl (C=O) groups is 3. The third kappa shape index (κ3) is 6.01. The van der Waals surface area contributed by atoms with Crippen LogP contribution in [0.3, 0.4) is 0 Å². The van der Waals surface area contributed by atoms with Crippen LogP contribution in [0.4, 0.5) is 11.4 Å². The quantitative estimate of drug-likeness (QED) is 0.657. The molecule has 2 aromatic carbocycles. The molecule has 2 aromatic rings. The SMILES string of the molecule is CC(=O)Nc1ccc(Cl)cc1NC(=O)c1ccc(OCC(=O)N2C(C)CCCC2C)cc1. The van der Waals surface area contributed by atoms with E-state index in [1.165, 1.54) is 6.92 Å². The first-order valence-corrected chi connectivity index (χ1v) is 11.0. The number of halogens is 1. The number of piperidine rings is 1. The van der Waals surface area contributed by atoms with Gasteiger partial charge in [0.25, 0.3) is 11.8 Å². The number of hydrogen-bond acceptors (Lipinski definition) is 4. The van der Waals surface area contributed by atoms with E-state index in [9.17, 15) is 14.4 Å². The smallest absolute Gasteiger partial charge is 0.260 e. The van der Waals surface area contributed by atoms with Crippen molar-refractivity contribution in [2.75, 3.05) is 17.2 Å². The normalized spacial score (nSPS) is 18.1. The van der Waals surface area contributed by atoms with Gasteiger partial charge in [0.1, 0.15) is 5.75 Å². The Labute approximate surface area is 193 Å². The molecule has 32 heavy (non-hydrogen) atoms. The average molecular weight is 458 g/mol. The Hall–Kier alpha value is -3.06. The minimum Gasteiger partial charge on any atom is -0.484 e. The molecule has 1 saturated heterocycles. The minimum absolute atomic E-state index is 0.0297. The Kier molecular flexibility index (Phi) is 7.75. The average Bonchev–Trinajstić information content (AvgIpc) is 2.74. The first-order chi connectivity index (χ1) is 15.2. The summed E-state index contributed by atoms with van der Waals surface area (Å²) in [6.45, 7) is 5.48. The van der Waals surface area contributed by atoms with Crippen molar-refractivity contribution in [3.05, 3.63) is 53.1 Å². The van der Waals surface area contributed by atoms with Gasteiger partial charge in [-0.25, -0.2) is 0 Å². The summed E-state index contributed by atoms with van der Waals surface area (Å²) >= 11 is 6.03. The van der Waals surface area contributed by atoms with E-state index >= 15 is 0 Å². The third-order valence-corrected chi connectivity index (χ3v) is 5.74. The number of carbonyl (C=O) groups excluding carboxylic acids is 3. The number of nitrogens with one attached hydrogen (secondary N) is 2. The molecule has 0 aromatic heterocycles. The molecule has 1 aliphatic heterocycles. The summed E-state index contributed by atoms with van der Waals surface area (Å²) in [6.07, 6.45) is 3.16. The van der Waals surface area contributed by atoms with Gasteiger partial charge in [0.2, 0.25) is 5.91 Å². The zero-order valence-corrected chi connectivity index (χ0v) is 19.2. The van der Waals surface area contributed by atoms with Crippen LogP contribution in [0.25, 0.3) is 0 Å². The number of rotatable bonds is 6. The van der Waals surface area contributed by atoms with Crippen molar-refractivity contribution in [2.24, 2.45) is 0 Å². The van der Waals surface area contributed by atoms with Crippen LogP contribution in [-0.2, 0) is 9.59 Å². The molecule has 2 atom stereocenters. The molecule has 3 amide bonds. The maximum atomic E-state index is 12.7. The molecular weight excluding hydrogens is 430 g/mol. The number of hydrogen-bond donors (Lipinski definition) is 2. The molecule has 2 N–H and O–H groups in total. The van der Waals surface area contributed by atoms with Gasteiger partial charge < -0.3 is 20.3 Å². The zero-order valence-electron chi connectivity index (χ0n) is 18.5. The van der Waals surface area contributed by atoms with Crippen molar-refractivity contribution in [2.45, 2.75) is 52.1 Å². The fourth-order valence-electron chi connectivity index (χ4n) is 3.95. The largest absolute Gasteiger partial charge is 0.484 e. The van der Waals surface area contributed by atoms with Crippen LogP contribution in [0, 0.1) is 0 Å². The second-order valence-corrected chi connectivity index (χ2v) is 8.50. The summed E-state index contributed by atoms with van der Waals surface area (Å²) in [6, 6.07) is 11.8. The van der Waals surface area contributed by atoms with Crippen molar-refractivity contribution < 1.29 is 19.1 Å². The van der Waals surface area contributed by atoms with Crippen molar-refractivity contribution >= 4 is 40.7 Å². The molecule has 7 nitrogen and oxygen atoms in total. The molecule has 1 aliphatic rings. The number of amides is 3. The number of nitrogens with zero attached hydrogens (tertiary/aromatic N) is 1. The Balaban J connectivity index is 1.61. The van der Waals surface area contributed by atoms with E-state index in [1.807, 2.05) is 4.90 Å². The highest BCUT2D eigenvalue weighted by Crippen LogP contribution is 2.27. The molecule has 3 rings (SSSR count). The van der Waals surface area contributed by atoms with E-state index in [0.29, 0.717) is 27.7 Å². The summed E-state index contributed by atoms with van der Waals surface area (Å²) in [4.78, 5) is 38.6. The van der Waals surface area contributed by atoms with E-state index in [-0.39, 0.29) is 36.4 Å². The number of benzene rings is 2. The van der Waals surface area contributed by atoms with Gasteiger partial charge in [-0.05, 0) is 75.6 Å². The predicted octanol–water partition coefficient (Wildman–Crippen LogP) is 4.72. The van der Waals surface area contributed by atoms with Crippen LogP contribution >= 0.6 is 11.6 Å². The van der Waals surface area contributed by atoms with Crippen LogP contribution in [0.1, 0.15) is 50.4 Å². The Morgan fingerprint density at radius 2 is 1.66 bits per heavy atom. The summed E-state index contributed by atoms with van der Waals surface area (Å²) in [7, 11) is 0. The van der Waals surface area contributed by atoms with Crippen LogP contribution < -0.4 is 15.4 Å². The molecule has 170 valence electrons. The molecule has 0 saturated carbocycles. The summed E-state index contributed by atoms with van der Waals surface area (Å²) < 4.78 is 5.66. The highest BCUT2D eigenvalue weighted by atomic mass is 35.5. The second-order valence-electron chi connectivity index (χ2n) is 8.07. The highest BCUT2D eigenvalue weighted by Gasteiger charge is 2.29. The van der Waals surface area contributed by atoms with Crippen molar-refractivity contribution in [3.63, 3.8) is 0 Å². The molecule has 0 radical (unpaired) electrons. The maximum absolute atomic E-state index is 12.7. The van der Waals surface area contributed by atoms with Gasteiger partial charge in [-0.15, -0.1) is 0 Å². The van der Waals surface area contributed by atoms with Gasteiger partial charge in [-0.2, -0.15) is 0 Å². The van der Waals surface area contributed by atoms with Crippen LogP contribution in [0.15, 0.2) is 42.5 Å². The maximum Gasteiger partial charge on any atom is 0.260 e. The lowest BCUT2D eigenvalue weighted by atomic mass is 9.97. The lowest BCUT2D eigenvalue weighted by Crippen LogP contribution is -2.49. The van der Waals surface area contributed by atoms with Crippen molar-refractivity contribution in [3.8, 4) is 5.75 Å². The molecule has 2 unspecified atom stereocenters. The standard InChI is InChI=1S/C24H28ClN3O4/c1-15-5-4-6-16(2)28(15)23(30)14-32-20-10-7-18(8-11-20)24(31)27-22-13-19(25)9-12-21(22)26-17(3)29/h7-13,15-16H,4-6,14H2,1-3H3,(H,26,29)(H,27,31). The van der Waals surface area contributed by atoms with Gasteiger partial charge >= 0.3 is 0 Å². The first-order valence-electron chi connectivity index (χ1n) is 10.7. The van der Waals surface area contributed by atoms with Gasteiger partial charge in [-0.1, -0.05) is 11.6 Å². The molecule has 1 fully saturated rings. The van der Waals surface area contributed by atoms with Gasteiger partial charge in [0, 0.05) is 29.6 Å².